The first-order valence-electron chi connectivity index (χ1n) is 7.12. The van der Waals surface area contributed by atoms with E-state index in [0.717, 1.165) is 35.5 Å². The lowest BCUT2D eigenvalue weighted by Crippen LogP contribution is -2.29. The highest BCUT2D eigenvalue weighted by atomic mass is 79.9. The van der Waals surface area contributed by atoms with Gasteiger partial charge in [0.05, 0.1) is 4.47 Å². The summed E-state index contributed by atoms with van der Waals surface area (Å²) in [7, 11) is 0. The standard InChI is InChI=1S/C15H20BrNO2/c1-2-11-12(10-4-3-5-17-9-10)8-13(16)15-14(11)18-6-7-19-15/h8,10,17H,2-7,9H2,1H3. The van der Waals surface area contributed by atoms with E-state index in [4.69, 9.17) is 9.47 Å². The van der Waals surface area contributed by atoms with Gasteiger partial charge in [-0.1, -0.05) is 6.92 Å². The summed E-state index contributed by atoms with van der Waals surface area (Å²) < 4.78 is 12.7. The minimum absolute atomic E-state index is 0.593. The van der Waals surface area contributed by atoms with Crippen LogP contribution in [-0.2, 0) is 6.42 Å². The number of fused-ring (bicyclic) bond motifs is 1. The molecule has 3 nitrogen and oxygen atoms in total. The van der Waals surface area contributed by atoms with Gasteiger partial charge in [-0.25, -0.2) is 0 Å². The van der Waals surface area contributed by atoms with Crippen molar-refractivity contribution in [3.05, 3.63) is 21.7 Å². The zero-order valence-electron chi connectivity index (χ0n) is 11.3. The first-order chi connectivity index (χ1) is 9.31. The minimum Gasteiger partial charge on any atom is -0.486 e. The van der Waals surface area contributed by atoms with Gasteiger partial charge in [0.2, 0.25) is 0 Å². The third-order valence-electron chi connectivity index (χ3n) is 3.99. The van der Waals surface area contributed by atoms with E-state index in [1.54, 1.807) is 0 Å². The van der Waals surface area contributed by atoms with Gasteiger partial charge < -0.3 is 14.8 Å². The lowest BCUT2D eigenvalue weighted by molar-refractivity contribution is 0.168. The Labute approximate surface area is 122 Å². The quantitative estimate of drug-likeness (QED) is 0.905. The topological polar surface area (TPSA) is 30.5 Å². The molecule has 1 N–H and O–H groups in total. The third kappa shape index (κ3) is 2.48. The molecule has 0 aliphatic carbocycles. The van der Waals surface area contributed by atoms with Crippen molar-refractivity contribution >= 4 is 15.9 Å². The van der Waals surface area contributed by atoms with Crippen LogP contribution in [0.4, 0.5) is 0 Å². The second kappa shape index (κ2) is 5.71. The lowest BCUT2D eigenvalue weighted by Gasteiger charge is -2.29. The number of piperidine rings is 1. The number of ether oxygens (including phenoxy) is 2. The van der Waals surface area contributed by atoms with E-state index in [1.807, 2.05) is 0 Å². The zero-order valence-corrected chi connectivity index (χ0v) is 12.9. The van der Waals surface area contributed by atoms with Crippen LogP contribution in [0.3, 0.4) is 0 Å². The first-order valence-corrected chi connectivity index (χ1v) is 7.92. The van der Waals surface area contributed by atoms with Gasteiger partial charge in [-0.05, 0) is 59.3 Å². The number of hydrogen-bond donors (Lipinski definition) is 1. The number of nitrogens with one attached hydrogen (secondary N) is 1. The van der Waals surface area contributed by atoms with Crippen molar-refractivity contribution in [1.82, 2.24) is 5.32 Å². The van der Waals surface area contributed by atoms with Gasteiger partial charge in [0, 0.05) is 12.1 Å². The Hall–Kier alpha value is -0.740. The van der Waals surface area contributed by atoms with Crippen LogP contribution in [0.5, 0.6) is 11.5 Å². The van der Waals surface area contributed by atoms with Gasteiger partial charge in [0.15, 0.2) is 11.5 Å². The van der Waals surface area contributed by atoms with E-state index in [-0.39, 0.29) is 0 Å². The smallest absolute Gasteiger partial charge is 0.175 e. The van der Waals surface area contributed by atoms with Crippen LogP contribution in [0.25, 0.3) is 0 Å². The van der Waals surface area contributed by atoms with Gasteiger partial charge in [-0.3, -0.25) is 0 Å². The maximum absolute atomic E-state index is 5.88. The van der Waals surface area contributed by atoms with Crippen LogP contribution in [0.2, 0.25) is 0 Å². The largest absolute Gasteiger partial charge is 0.486 e. The summed E-state index contributed by atoms with van der Waals surface area (Å²) in [6.07, 6.45) is 3.50. The van der Waals surface area contributed by atoms with E-state index >= 15 is 0 Å². The minimum atomic E-state index is 0.593. The monoisotopic (exact) mass is 325 g/mol. The molecule has 3 rings (SSSR count). The Morgan fingerprint density at radius 1 is 1.32 bits per heavy atom. The second-order valence-electron chi connectivity index (χ2n) is 5.18. The molecule has 1 unspecified atom stereocenters. The summed E-state index contributed by atoms with van der Waals surface area (Å²) in [6.45, 7) is 5.70. The molecule has 2 heterocycles. The summed E-state index contributed by atoms with van der Waals surface area (Å²) in [4.78, 5) is 0. The fraction of sp³-hybridized carbons (Fsp3) is 0.600. The van der Waals surface area contributed by atoms with Crippen LogP contribution >= 0.6 is 15.9 Å². The molecular formula is C15H20BrNO2. The summed E-state index contributed by atoms with van der Waals surface area (Å²) >= 11 is 3.64. The highest BCUT2D eigenvalue weighted by Crippen LogP contribution is 2.45. The molecule has 0 saturated carbocycles. The molecule has 0 spiro atoms. The second-order valence-corrected chi connectivity index (χ2v) is 6.03. The van der Waals surface area contributed by atoms with Crippen LogP contribution in [0.1, 0.15) is 36.8 Å². The molecule has 104 valence electrons. The maximum atomic E-state index is 5.88. The van der Waals surface area contributed by atoms with E-state index < -0.39 is 0 Å². The van der Waals surface area contributed by atoms with E-state index in [0.29, 0.717) is 19.1 Å². The van der Waals surface area contributed by atoms with Crippen LogP contribution in [0.15, 0.2) is 10.5 Å². The fourth-order valence-corrected chi connectivity index (χ4v) is 3.63. The van der Waals surface area contributed by atoms with Crippen LogP contribution in [-0.4, -0.2) is 26.3 Å². The molecule has 4 heteroatoms. The summed E-state index contributed by atoms with van der Waals surface area (Å²) in [5.41, 5.74) is 2.75. The van der Waals surface area contributed by atoms with Gasteiger partial charge >= 0.3 is 0 Å². The highest BCUT2D eigenvalue weighted by molar-refractivity contribution is 9.10. The lowest BCUT2D eigenvalue weighted by atomic mass is 9.87. The van der Waals surface area contributed by atoms with Gasteiger partial charge in [-0.2, -0.15) is 0 Å². The molecule has 0 bridgehead atoms. The Morgan fingerprint density at radius 2 is 2.11 bits per heavy atom. The Kier molecular flexibility index (Phi) is 3.99. The van der Waals surface area contributed by atoms with Crippen molar-refractivity contribution in [3.8, 4) is 11.5 Å². The number of benzene rings is 1. The van der Waals surface area contributed by atoms with Gasteiger partial charge in [0.25, 0.3) is 0 Å². The Bertz CT molecular complexity index is 470. The van der Waals surface area contributed by atoms with Crippen molar-refractivity contribution in [1.29, 1.82) is 0 Å². The third-order valence-corrected chi connectivity index (χ3v) is 4.58. The average Bonchev–Trinajstić information content (AvgIpc) is 2.48. The summed E-state index contributed by atoms with van der Waals surface area (Å²) in [5.74, 6) is 2.44. The SMILES string of the molecule is CCc1c(C2CCCNC2)cc(Br)c2c1OCCO2. The summed E-state index contributed by atoms with van der Waals surface area (Å²) in [6, 6.07) is 2.24. The van der Waals surface area contributed by atoms with Crippen molar-refractivity contribution in [3.63, 3.8) is 0 Å². The van der Waals surface area contributed by atoms with Gasteiger partial charge in [-0.15, -0.1) is 0 Å². The van der Waals surface area contributed by atoms with Crippen molar-refractivity contribution in [2.24, 2.45) is 0 Å². The number of halogens is 1. The predicted molar refractivity (Wildman–Crippen MR) is 79.4 cm³/mol. The molecule has 1 fully saturated rings. The molecule has 0 amide bonds. The first kappa shape index (κ1) is 13.3. The maximum Gasteiger partial charge on any atom is 0.175 e. The predicted octanol–water partition coefficient (Wildman–Crippen LogP) is 3.25. The van der Waals surface area contributed by atoms with E-state index in [1.165, 1.54) is 24.0 Å². The van der Waals surface area contributed by atoms with Crippen molar-refractivity contribution in [2.45, 2.75) is 32.1 Å². The van der Waals surface area contributed by atoms with Crippen LogP contribution < -0.4 is 14.8 Å². The zero-order chi connectivity index (χ0) is 13.2. The summed E-state index contributed by atoms with van der Waals surface area (Å²) in [5, 5.41) is 3.50. The number of hydrogen-bond acceptors (Lipinski definition) is 3. The molecule has 19 heavy (non-hydrogen) atoms. The molecule has 2 aliphatic heterocycles. The van der Waals surface area contributed by atoms with Crippen LogP contribution in [0, 0.1) is 0 Å². The molecule has 0 aromatic heterocycles. The number of rotatable bonds is 2. The van der Waals surface area contributed by atoms with Crippen molar-refractivity contribution < 1.29 is 9.47 Å². The molecule has 1 aromatic rings. The normalized spacial score (nSPS) is 22.3. The molecule has 1 saturated heterocycles. The fourth-order valence-electron chi connectivity index (χ4n) is 3.09. The molecule has 1 aromatic carbocycles. The van der Waals surface area contributed by atoms with Gasteiger partial charge in [0.1, 0.15) is 13.2 Å². The Balaban J connectivity index is 2.05. The highest BCUT2D eigenvalue weighted by Gasteiger charge is 2.26. The van der Waals surface area contributed by atoms with E-state index in [2.05, 4.69) is 34.2 Å². The molecule has 2 aliphatic rings. The van der Waals surface area contributed by atoms with Crippen molar-refractivity contribution in [2.75, 3.05) is 26.3 Å². The molecular weight excluding hydrogens is 306 g/mol. The van der Waals surface area contributed by atoms with E-state index in [9.17, 15) is 0 Å². The Morgan fingerprint density at radius 3 is 2.79 bits per heavy atom. The average molecular weight is 326 g/mol. The molecule has 1 atom stereocenters. The molecule has 0 radical (unpaired) electrons.